The van der Waals surface area contributed by atoms with Crippen LogP contribution in [0.1, 0.15) is 77.2 Å². The maximum absolute atomic E-state index is 14.2. The lowest BCUT2D eigenvalue weighted by Gasteiger charge is -2.25. The molecular formula is C22H30F2O. The SMILES string of the molecule is CCCCCOc1ccc(C#C[C@H]2CC[C@H](CCC)CC2)c(F)c1F. The van der Waals surface area contributed by atoms with Crippen LogP contribution in [0.2, 0.25) is 0 Å². The van der Waals surface area contributed by atoms with Crippen LogP contribution in [0.4, 0.5) is 8.78 Å². The zero-order valence-electron chi connectivity index (χ0n) is 15.5. The fourth-order valence-electron chi connectivity index (χ4n) is 3.46. The summed E-state index contributed by atoms with van der Waals surface area (Å²) in [6, 6.07) is 3.02. The lowest BCUT2D eigenvalue weighted by atomic mass is 9.80. The number of hydrogen-bond acceptors (Lipinski definition) is 1. The number of unbranched alkanes of at least 4 members (excludes halogenated alkanes) is 2. The molecule has 3 heteroatoms. The molecule has 1 saturated carbocycles. The minimum absolute atomic E-state index is 0.0146. The van der Waals surface area contributed by atoms with E-state index in [1.165, 1.54) is 37.8 Å². The van der Waals surface area contributed by atoms with Crippen molar-refractivity contribution < 1.29 is 13.5 Å². The fraction of sp³-hybridized carbons (Fsp3) is 0.636. The second-order valence-corrected chi connectivity index (χ2v) is 7.07. The molecule has 1 aliphatic carbocycles. The van der Waals surface area contributed by atoms with Crippen molar-refractivity contribution in [3.05, 3.63) is 29.3 Å². The average Bonchev–Trinajstić information content (AvgIpc) is 2.63. The summed E-state index contributed by atoms with van der Waals surface area (Å²) in [5.41, 5.74) is 0.133. The van der Waals surface area contributed by atoms with Crippen LogP contribution in [0.3, 0.4) is 0 Å². The Morgan fingerprint density at radius 2 is 1.76 bits per heavy atom. The second-order valence-electron chi connectivity index (χ2n) is 7.07. The van der Waals surface area contributed by atoms with Crippen molar-refractivity contribution in [2.45, 2.75) is 71.6 Å². The molecule has 0 atom stereocenters. The normalized spacial score (nSPS) is 20.0. The molecule has 0 bridgehead atoms. The van der Waals surface area contributed by atoms with E-state index in [0.29, 0.717) is 12.5 Å². The van der Waals surface area contributed by atoms with Crippen LogP contribution in [0.25, 0.3) is 0 Å². The van der Waals surface area contributed by atoms with E-state index in [9.17, 15) is 8.78 Å². The highest BCUT2D eigenvalue weighted by atomic mass is 19.2. The summed E-state index contributed by atoms with van der Waals surface area (Å²) < 4.78 is 33.6. The Morgan fingerprint density at radius 3 is 2.44 bits per heavy atom. The lowest BCUT2D eigenvalue weighted by molar-refractivity contribution is 0.286. The molecule has 1 nitrogen and oxygen atoms in total. The summed E-state index contributed by atoms with van der Waals surface area (Å²) in [5.74, 6) is 5.31. The molecule has 1 aromatic carbocycles. The van der Waals surface area contributed by atoms with Crippen LogP contribution in [0.15, 0.2) is 12.1 Å². The van der Waals surface area contributed by atoms with Crippen LogP contribution in [0.5, 0.6) is 5.75 Å². The van der Waals surface area contributed by atoms with E-state index in [0.717, 1.165) is 38.0 Å². The van der Waals surface area contributed by atoms with Gasteiger partial charge in [-0.1, -0.05) is 51.4 Å². The van der Waals surface area contributed by atoms with Crippen molar-refractivity contribution >= 4 is 0 Å². The minimum Gasteiger partial charge on any atom is -0.490 e. The molecule has 1 aliphatic rings. The second kappa shape index (κ2) is 10.4. The van der Waals surface area contributed by atoms with E-state index in [1.807, 2.05) is 0 Å². The number of rotatable bonds is 7. The van der Waals surface area contributed by atoms with Crippen LogP contribution in [-0.2, 0) is 0 Å². The van der Waals surface area contributed by atoms with Crippen molar-refractivity contribution in [3.63, 3.8) is 0 Å². The average molecular weight is 348 g/mol. The molecule has 138 valence electrons. The van der Waals surface area contributed by atoms with Gasteiger partial charge in [0.25, 0.3) is 0 Å². The molecule has 2 rings (SSSR count). The Hall–Kier alpha value is -1.56. The maximum atomic E-state index is 14.2. The minimum atomic E-state index is -0.921. The van der Waals surface area contributed by atoms with Gasteiger partial charge in [-0.2, -0.15) is 4.39 Å². The zero-order chi connectivity index (χ0) is 18.1. The smallest absolute Gasteiger partial charge is 0.201 e. The van der Waals surface area contributed by atoms with Crippen LogP contribution >= 0.6 is 0 Å². The van der Waals surface area contributed by atoms with E-state index in [2.05, 4.69) is 25.7 Å². The number of benzene rings is 1. The van der Waals surface area contributed by atoms with Crippen molar-refractivity contribution in [1.29, 1.82) is 0 Å². The Labute approximate surface area is 151 Å². The number of ether oxygens (including phenoxy) is 1. The third-order valence-corrected chi connectivity index (χ3v) is 5.01. The van der Waals surface area contributed by atoms with Crippen molar-refractivity contribution in [3.8, 4) is 17.6 Å². The van der Waals surface area contributed by atoms with Crippen molar-refractivity contribution in [2.24, 2.45) is 11.8 Å². The van der Waals surface area contributed by atoms with Crippen LogP contribution < -0.4 is 4.74 Å². The summed E-state index contributed by atoms with van der Waals surface area (Å²) in [6.45, 7) is 4.72. The van der Waals surface area contributed by atoms with Crippen LogP contribution in [-0.4, -0.2) is 6.61 Å². The van der Waals surface area contributed by atoms with Gasteiger partial charge in [0.2, 0.25) is 5.82 Å². The van der Waals surface area contributed by atoms with Gasteiger partial charge < -0.3 is 4.74 Å². The lowest BCUT2D eigenvalue weighted by Crippen LogP contribution is -2.13. The number of halogens is 2. The molecule has 0 aliphatic heterocycles. The molecule has 0 unspecified atom stereocenters. The fourth-order valence-corrected chi connectivity index (χ4v) is 3.46. The summed E-state index contributed by atoms with van der Waals surface area (Å²) in [5, 5.41) is 0. The van der Waals surface area contributed by atoms with Gasteiger partial charge in [-0.25, -0.2) is 4.39 Å². The summed E-state index contributed by atoms with van der Waals surface area (Å²) in [4.78, 5) is 0. The van der Waals surface area contributed by atoms with E-state index in [-0.39, 0.29) is 11.3 Å². The Balaban J connectivity index is 1.94. The molecule has 0 aromatic heterocycles. The quantitative estimate of drug-likeness (QED) is 0.404. The van der Waals surface area contributed by atoms with Gasteiger partial charge in [0, 0.05) is 5.92 Å². The Morgan fingerprint density at radius 1 is 1.00 bits per heavy atom. The number of hydrogen-bond donors (Lipinski definition) is 0. The summed E-state index contributed by atoms with van der Waals surface area (Å²) >= 11 is 0. The third kappa shape index (κ3) is 6.03. The highest BCUT2D eigenvalue weighted by Crippen LogP contribution is 2.31. The van der Waals surface area contributed by atoms with E-state index in [4.69, 9.17) is 4.74 Å². The van der Waals surface area contributed by atoms with Gasteiger partial charge in [0.05, 0.1) is 12.2 Å². The molecule has 25 heavy (non-hydrogen) atoms. The summed E-state index contributed by atoms with van der Waals surface area (Å²) in [7, 11) is 0. The molecule has 0 spiro atoms. The molecule has 0 radical (unpaired) electrons. The monoisotopic (exact) mass is 348 g/mol. The Kier molecular flexibility index (Phi) is 8.25. The van der Waals surface area contributed by atoms with Gasteiger partial charge in [-0.05, 0) is 50.2 Å². The molecule has 0 saturated heterocycles. The molecule has 0 N–H and O–H groups in total. The standard InChI is InChI=1S/C22H30F2O/c1-3-5-6-16-25-20-15-14-19(21(23)22(20)24)13-12-18-10-8-17(7-4-2)9-11-18/h14-15,17-18H,3-11,16H2,1-2H3/t17-,18-. The zero-order valence-corrected chi connectivity index (χ0v) is 15.5. The predicted molar refractivity (Wildman–Crippen MR) is 98.6 cm³/mol. The summed E-state index contributed by atoms with van der Waals surface area (Å²) in [6.07, 6.45) is 10.0. The van der Waals surface area contributed by atoms with E-state index < -0.39 is 11.6 Å². The first-order valence-corrected chi connectivity index (χ1v) is 9.78. The van der Waals surface area contributed by atoms with Crippen molar-refractivity contribution in [1.82, 2.24) is 0 Å². The van der Waals surface area contributed by atoms with Crippen LogP contribution in [0, 0.1) is 35.3 Å². The maximum Gasteiger partial charge on any atom is 0.201 e. The van der Waals surface area contributed by atoms with Gasteiger partial charge in [0.15, 0.2) is 11.6 Å². The topological polar surface area (TPSA) is 9.23 Å². The van der Waals surface area contributed by atoms with Gasteiger partial charge >= 0.3 is 0 Å². The Bertz CT molecular complexity index is 592. The molecular weight excluding hydrogens is 318 g/mol. The van der Waals surface area contributed by atoms with E-state index >= 15 is 0 Å². The van der Waals surface area contributed by atoms with Gasteiger partial charge in [-0.3, -0.25) is 0 Å². The highest BCUT2D eigenvalue weighted by Gasteiger charge is 2.19. The molecule has 0 amide bonds. The van der Waals surface area contributed by atoms with Gasteiger partial charge in [-0.15, -0.1) is 0 Å². The van der Waals surface area contributed by atoms with Gasteiger partial charge in [0.1, 0.15) is 0 Å². The molecule has 0 heterocycles. The highest BCUT2D eigenvalue weighted by molar-refractivity contribution is 5.41. The first kappa shape index (κ1) is 19.8. The van der Waals surface area contributed by atoms with Crippen molar-refractivity contribution in [2.75, 3.05) is 6.61 Å². The molecule has 1 aromatic rings. The first-order chi connectivity index (χ1) is 12.2. The first-order valence-electron chi connectivity index (χ1n) is 9.78. The third-order valence-electron chi connectivity index (χ3n) is 5.01. The molecule has 1 fully saturated rings. The predicted octanol–water partition coefficient (Wildman–Crippen LogP) is 6.49. The van der Waals surface area contributed by atoms with E-state index in [1.54, 1.807) is 0 Å². The largest absolute Gasteiger partial charge is 0.490 e.